The Kier molecular flexibility index (Phi) is 7.10. The first-order chi connectivity index (χ1) is 14.6. The highest BCUT2D eigenvalue weighted by Crippen LogP contribution is 2.30. The quantitative estimate of drug-likeness (QED) is 0.399. The summed E-state index contributed by atoms with van der Waals surface area (Å²) in [5, 5.41) is 3.05. The predicted molar refractivity (Wildman–Crippen MR) is 122 cm³/mol. The maximum absolute atomic E-state index is 14.1. The number of rotatable bonds is 6. The Balaban J connectivity index is 1.93. The van der Waals surface area contributed by atoms with E-state index in [0.29, 0.717) is 9.50 Å². The van der Waals surface area contributed by atoms with Gasteiger partial charge in [0.2, 0.25) is 0 Å². The number of carbonyl (C=O) groups excluding carboxylic acids is 1. The molecule has 3 aromatic carbocycles. The van der Waals surface area contributed by atoms with Gasteiger partial charge in [-0.25, -0.2) is 12.8 Å². The molecule has 0 saturated carbocycles. The summed E-state index contributed by atoms with van der Waals surface area (Å²) in [6.45, 7) is 0. The fourth-order valence-electron chi connectivity index (χ4n) is 2.59. The minimum atomic E-state index is -4.17. The van der Waals surface area contributed by atoms with Gasteiger partial charge >= 0.3 is 0 Å². The van der Waals surface area contributed by atoms with E-state index >= 15 is 0 Å². The maximum Gasteiger partial charge on any atom is 0.262 e. The lowest BCUT2D eigenvalue weighted by atomic mass is 10.2. The lowest BCUT2D eigenvalue weighted by molar-refractivity contribution is 0.102. The van der Waals surface area contributed by atoms with Crippen LogP contribution in [-0.2, 0) is 10.0 Å². The molecule has 0 radical (unpaired) electrons. The molecule has 11 heteroatoms. The fraction of sp³-hybridized carbons (Fsp3) is 0.0500. The van der Waals surface area contributed by atoms with Crippen LogP contribution in [0.1, 0.15) is 10.4 Å². The molecule has 0 spiro atoms. The van der Waals surface area contributed by atoms with E-state index in [-0.39, 0.29) is 32.6 Å². The van der Waals surface area contributed by atoms with Crippen molar-refractivity contribution in [3.8, 4) is 5.75 Å². The molecule has 1 amide bonds. The van der Waals surface area contributed by atoms with E-state index in [4.69, 9.17) is 27.9 Å². The second-order valence-corrected chi connectivity index (χ2v) is 9.61. The first-order valence-corrected chi connectivity index (χ1v) is 11.6. The smallest absolute Gasteiger partial charge is 0.262 e. The van der Waals surface area contributed by atoms with Gasteiger partial charge in [0.1, 0.15) is 11.6 Å². The van der Waals surface area contributed by atoms with Crippen molar-refractivity contribution in [3.05, 3.63) is 80.5 Å². The molecule has 0 saturated heterocycles. The highest BCUT2D eigenvalue weighted by atomic mass is 79.9. The molecular formula is C20H14BrCl2FN2O4S. The normalized spacial score (nSPS) is 11.1. The molecule has 0 bridgehead atoms. The Bertz CT molecular complexity index is 1270. The molecule has 2 N–H and O–H groups in total. The standard InChI is InChI=1S/C20H14BrCl2FN2O4S/c1-30-19-7-4-13(31(28,29)26-17-6-2-11(21)8-16(17)24)10-18(19)25-20(27)14-5-3-12(22)9-15(14)23/h2-10,26H,1H3,(H,25,27). The number of nitrogens with one attached hydrogen (secondary N) is 2. The molecule has 0 aliphatic heterocycles. The molecular weight excluding hydrogens is 534 g/mol. The van der Waals surface area contributed by atoms with Crippen molar-refractivity contribution < 1.29 is 22.3 Å². The zero-order valence-corrected chi connectivity index (χ0v) is 19.7. The Morgan fingerprint density at radius 1 is 1.03 bits per heavy atom. The van der Waals surface area contributed by atoms with Crippen LogP contribution >= 0.6 is 39.1 Å². The van der Waals surface area contributed by atoms with Crippen molar-refractivity contribution in [1.29, 1.82) is 0 Å². The molecule has 0 atom stereocenters. The van der Waals surface area contributed by atoms with Crippen molar-refractivity contribution in [1.82, 2.24) is 0 Å². The van der Waals surface area contributed by atoms with E-state index in [1.807, 2.05) is 0 Å². The Morgan fingerprint density at radius 3 is 2.42 bits per heavy atom. The van der Waals surface area contributed by atoms with E-state index < -0.39 is 21.7 Å². The van der Waals surface area contributed by atoms with Gasteiger partial charge in [-0.05, 0) is 54.6 Å². The maximum atomic E-state index is 14.1. The molecule has 0 heterocycles. The number of amides is 1. The lowest BCUT2D eigenvalue weighted by Crippen LogP contribution is -2.16. The topological polar surface area (TPSA) is 84.5 Å². The molecule has 0 aliphatic carbocycles. The summed E-state index contributed by atoms with van der Waals surface area (Å²) in [6, 6.07) is 12.1. The largest absolute Gasteiger partial charge is 0.495 e. The average molecular weight is 548 g/mol. The van der Waals surface area contributed by atoms with E-state index in [1.54, 1.807) is 0 Å². The Hall–Kier alpha value is -2.33. The van der Waals surface area contributed by atoms with E-state index in [2.05, 4.69) is 26.0 Å². The zero-order valence-electron chi connectivity index (χ0n) is 15.7. The van der Waals surface area contributed by atoms with Crippen molar-refractivity contribution in [3.63, 3.8) is 0 Å². The zero-order chi connectivity index (χ0) is 22.8. The van der Waals surface area contributed by atoms with Gasteiger partial charge in [-0.15, -0.1) is 0 Å². The molecule has 3 rings (SSSR count). The third kappa shape index (κ3) is 5.48. The van der Waals surface area contributed by atoms with Gasteiger partial charge in [-0.1, -0.05) is 39.1 Å². The molecule has 6 nitrogen and oxygen atoms in total. The molecule has 162 valence electrons. The summed E-state index contributed by atoms with van der Waals surface area (Å²) in [6.07, 6.45) is 0. The summed E-state index contributed by atoms with van der Waals surface area (Å²) in [5.41, 5.74) is -0.00772. The van der Waals surface area contributed by atoms with Crippen molar-refractivity contribution >= 4 is 66.4 Å². The van der Waals surface area contributed by atoms with Crippen LogP contribution in [0.2, 0.25) is 10.0 Å². The minimum absolute atomic E-state index is 0.0812. The van der Waals surface area contributed by atoms with Gasteiger partial charge in [-0.2, -0.15) is 0 Å². The van der Waals surface area contributed by atoms with Crippen molar-refractivity contribution in [2.45, 2.75) is 4.90 Å². The van der Waals surface area contributed by atoms with Gasteiger partial charge in [-0.3, -0.25) is 9.52 Å². The molecule has 0 unspecified atom stereocenters. The van der Waals surface area contributed by atoms with Gasteiger partial charge in [0.15, 0.2) is 0 Å². The first kappa shape index (κ1) is 23.3. The molecule has 31 heavy (non-hydrogen) atoms. The van der Waals surface area contributed by atoms with Crippen LogP contribution in [0, 0.1) is 5.82 Å². The number of carbonyl (C=O) groups is 1. The van der Waals surface area contributed by atoms with Crippen LogP contribution in [0.25, 0.3) is 0 Å². The molecule has 0 aliphatic rings. The Morgan fingerprint density at radius 2 is 1.77 bits per heavy atom. The van der Waals surface area contributed by atoms with Crippen LogP contribution < -0.4 is 14.8 Å². The molecule has 3 aromatic rings. The third-order valence-electron chi connectivity index (χ3n) is 4.08. The summed E-state index contributed by atoms with van der Waals surface area (Å²) >= 11 is 15.0. The summed E-state index contributed by atoms with van der Waals surface area (Å²) in [4.78, 5) is 12.4. The second kappa shape index (κ2) is 9.44. The lowest BCUT2D eigenvalue weighted by Gasteiger charge is -2.14. The van der Waals surface area contributed by atoms with Crippen LogP contribution in [-0.4, -0.2) is 21.4 Å². The minimum Gasteiger partial charge on any atom is -0.495 e. The van der Waals surface area contributed by atoms with Crippen LogP contribution in [0.4, 0.5) is 15.8 Å². The second-order valence-electron chi connectivity index (χ2n) is 6.17. The highest BCUT2D eigenvalue weighted by Gasteiger charge is 2.20. The predicted octanol–water partition coefficient (Wildman–Crippen LogP) is 5.96. The van der Waals surface area contributed by atoms with Crippen LogP contribution in [0.5, 0.6) is 5.75 Å². The molecule has 0 aromatic heterocycles. The average Bonchev–Trinajstić information content (AvgIpc) is 2.70. The van der Waals surface area contributed by atoms with Gasteiger partial charge < -0.3 is 10.1 Å². The van der Waals surface area contributed by atoms with Crippen molar-refractivity contribution in [2.75, 3.05) is 17.1 Å². The summed E-state index contributed by atoms with van der Waals surface area (Å²) in [7, 11) is -2.80. The van der Waals surface area contributed by atoms with E-state index in [9.17, 15) is 17.6 Å². The number of halogens is 4. The number of methoxy groups -OCH3 is 1. The van der Waals surface area contributed by atoms with Crippen LogP contribution in [0.15, 0.2) is 64.0 Å². The number of benzene rings is 3. The highest BCUT2D eigenvalue weighted by molar-refractivity contribution is 9.10. The summed E-state index contributed by atoms with van der Waals surface area (Å²) in [5.74, 6) is -1.13. The van der Waals surface area contributed by atoms with E-state index in [1.165, 1.54) is 55.6 Å². The van der Waals surface area contributed by atoms with Crippen molar-refractivity contribution in [2.24, 2.45) is 0 Å². The monoisotopic (exact) mass is 546 g/mol. The van der Waals surface area contributed by atoms with Gasteiger partial charge in [0, 0.05) is 9.50 Å². The van der Waals surface area contributed by atoms with Gasteiger partial charge in [0.05, 0.1) is 34.0 Å². The summed E-state index contributed by atoms with van der Waals surface area (Å²) < 4.78 is 47.4. The number of sulfonamides is 1. The number of hydrogen-bond donors (Lipinski definition) is 2. The SMILES string of the molecule is COc1ccc(S(=O)(=O)Nc2ccc(Br)cc2F)cc1NC(=O)c1ccc(Cl)cc1Cl. The number of hydrogen-bond acceptors (Lipinski definition) is 4. The van der Waals surface area contributed by atoms with E-state index in [0.717, 1.165) is 6.07 Å². The first-order valence-electron chi connectivity index (χ1n) is 8.53. The number of anilines is 2. The number of ether oxygens (including phenoxy) is 1. The third-order valence-corrected chi connectivity index (χ3v) is 6.48. The Labute approximate surface area is 196 Å². The van der Waals surface area contributed by atoms with Gasteiger partial charge in [0.25, 0.3) is 15.9 Å². The molecule has 0 fully saturated rings. The fourth-order valence-corrected chi connectivity index (χ4v) is 4.51. The van der Waals surface area contributed by atoms with Crippen LogP contribution in [0.3, 0.4) is 0 Å².